The number of amides is 1. The number of carbonyl (C=O) groups is 2. The Bertz CT molecular complexity index is 743. The predicted octanol–water partition coefficient (Wildman–Crippen LogP) is 2.68. The molecule has 176 valence electrons. The molecule has 3 heterocycles. The van der Waals surface area contributed by atoms with Crippen molar-refractivity contribution in [3.63, 3.8) is 0 Å². The van der Waals surface area contributed by atoms with E-state index >= 15 is 0 Å². The third-order valence-electron chi connectivity index (χ3n) is 5.55. The largest absolute Gasteiger partial charge is 0.490 e. The van der Waals surface area contributed by atoms with E-state index in [4.69, 9.17) is 19.2 Å². The van der Waals surface area contributed by atoms with Crippen molar-refractivity contribution in [2.45, 2.75) is 58.9 Å². The molecule has 8 nitrogen and oxygen atoms in total. The molecule has 11 heteroatoms. The third kappa shape index (κ3) is 6.93. The molecule has 0 aliphatic carbocycles. The maximum Gasteiger partial charge on any atom is 0.490 e. The van der Waals surface area contributed by atoms with Gasteiger partial charge in [-0.05, 0) is 32.6 Å². The number of halogens is 3. The van der Waals surface area contributed by atoms with Crippen LogP contribution in [0.2, 0.25) is 0 Å². The van der Waals surface area contributed by atoms with Crippen LogP contribution in [0.4, 0.5) is 13.2 Å². The van der Waals surface area contributed by atoms with Crippen molar-refractivity contribution in [3.05, 3.63) is 17.0 Å². The molecule has 2 aliphatic heterocycles. The molecule has 1 atom stereocenters. The van der Waals surface area contributed by atoms with E-state index in [0.29, 0.717) is 5.92 Å². The first kappa shape index (κ1) is 25.1. The number of nitrogens with one attached hydrogen (secondary N) is 1. The van der Waals surface area contributed by atoms with Gasteiger partial charge in [-0.1, -0.05) is 19.0 Å². The molecule has 1 unspecified atom stereocenters. The standard InChI is InChI=1S/C18H29N3O3.C2HF3O2/c1-12(2)17(22)19-7-15-5-6-18(23-9-15)10-21(11-18)8-16-13(3)20-24-14(16)4;3-2(4,5)1(6)7/h12,15H,5-11H2,1-4H3,(H,19,22);(H,6,7). The average Bonchev–Trinajstić information content (AvgIpc) is 2.97. The second-order valence-electron chi connectivity index (χ2n) is 8.55. The van der Waals surface area contributed by atoms with Gasteiger partial charge in [0.2, 0.25) is 5.91 Å². The van der Waals surface area contributed by atoms with Gasteiger partial charge < -0.3 is 19.7 Å². The monoisotopic (exact) mass is 449 g/mol. The third-order valence-corrected chi connectivity index (χ3v) is 5.55. The van der Waals surface area contributed by atoms with E-state index in [-0.39, 0.29) is 17.4 Å². The normalized spacial score (nSPS) is 20.7. The first-order chi connectivity index (χ1) is 14.3. The highest BCUT2D eigenvalue weighted by Gasteiger charge is 2.46. The van der Waals surface area contributed by atoms with Gasteiger partial charge in [-0.25, -0.2) is 4.79 Å². The lowest BCUT2D eigenvalue weighted by atomic mass is 9.82. The first-order valence-electron chi connectivity index (χ1n) is 10.2. The fourth-order valence-corrected chi connectivity index (χ4v) is 3.61. The highest BCUT2D eigenvalue weighted by atomic mass is 19.4. The number of nitrogens with zero attached hydrogens (tertiary/aromatic N) is 2. The SMILES string of the molecule is Cc1noc(C)c1CN1CC2(CCC(CNC(=O)C(C)C)CO2)C1.O=C(O)C(F)(F)F. The summed E-state index contributed by atoms with van der Waals surface area (Å²) in [5.41, 5.74) is 2.21. The van der Waals surface area contributed by atoms with E-state index in [9.17, 15) is 18.0 Å². The van der Waals surface area contributed by atoms with Crippen LogP contribution in [0.1, 0.15) is 43.7 Å². The fourth-order valence-electron chi connectivity index (χ4n) is 3.61. The number of ether oxygens (including phenoxy) is 1. The van der Waals surface area contributed by atoms with Crippen molar-refractivity contribution in [2.24, 2.45) is 11.8 Å². The van der Waals surface area contributed by atoms with Crippen LogP contribution in [-0.4, -0.2) is 65.1 Å². The van der Waals surface area contributed by atoms with Gasteiger partial charge in [0.25, 0.3) is 0 Å². The summed E-state index contributed by atoms with van der Waals surface area (Å²) in [6.45, 7) is 12.1. The van der Waals surface area contributed by atoms with Crippen molar-refractivity contribution in [2.75, 3.05) is 26.2 Å². The summed E-state index contributed by atoms with van der Waals surface area (Å²) in [6, 6.07) is 0. The number of carbonyl (C=O) groups excluding carboxylic acids is 1. The van der Waals surface area contributed by atoms with Gasteiger partial charge in [-0.2, -0.15) is 13.2 Å². The quantitative estimate of drug-likeness (QED) is 0.712. The van der Waals surface area contributed by atoms with Gasteiger partial charge in [-0.3, -0.25) is 9.69 Å². The van der Waals surface area contributed by atoms with E-state index in [2.05, 4.69) is 15.4 Å². The molecule has 2 N–H and O–H groups in total. The molecule has 1 spiro atoms. The molecule has 0 saturated carbocycles. The minimum Gasteiger partial charge on any atom is -0.475 e. The van der Waals surface area contributed by atoms with Crippen molar-refractivity contribution < 1.29 is 37.1 Å². The van der Waals surface area contributed by atoms with Gasteiger partial charge in [0.1, 0.15) is 5.76 Å². The lowest BCUT2D eigenvalue weighted by Gasteiger charge is -2.53. The number of rotatable bonds is 5. The molecular formula is C20H30F3N3O5. The van der Waals surface area contributed by atoms with E-state index in [1.165, 1.54) is 5.56 Å². The predicted molar refractivity (Wildman–Crippen MR) is 104 cm³/mol. The number of carboxylic acids is 1. The zero-order valence-corrected chi connectivity index (χ0v) is 18.2. The van der Waals surface area contributed by atoms with E-state index in [0.717, 1.165) is 57.1 Å². The van der Waals surface area contributed by atoms with E-state index < -0.39 is 12.1 Å². The summed E-state index contributed by atoms with van der Waals surface area (Å²) in [4.78, 5) is 23.0. The number of hydrogen-bond donors (Lipinski definition) is 2. The van der Waals surface area contributed by atoms with E-state index in [1.807, 2.05) is 27.7 Å². The summed E-state index contributed by atoms with van der Waals surface area (Å²) >= 11 is 0. The number of aromatic nitrogens is 1. The second-order valence-corrected chi connectivity index (χ2v) is 8.55. The van der Waals surface area contributed by atoms with Crippen LogP contribution in [0.15, 0.2) is 4.52 Å². The van der Waals surface area contributed by atoms with Crippen LogP contribution in [0.5, 0.6) is 0 Å². The fraction of sp³-hybridized carbons (Fsp3) is 0.750. The Morgan fingerprint density at radius 3 is 2.35 bits per heavy atom. The molecule has 0 aromatic carbocycles. The molecular weight excluding hydrogens is 419 g/mol. The topological polar surface area (TPSA) is 105 Å². The Kier molecular flexibility index (Phi) is 8.09. The molecule has 1 aromatic heterocycles. The Labute approximate surface area is 179 Å². The van der Waals surface area contributed by atoms with Gasteiger partial charge >= 0.3 is 12.1 Å². The highest BCUT2D eigenvalue weighted by Crippen LogP contribution is 2.37. The molecule has 1 amide bonds. The Balaban J connectivity index is 0.000000423. The number of alkyl halides is 3. The molecule has 0 bridgehead atoms. The van der Waals surface area contributed by atoms with E-state index in [1.54, 1.807) is 0 Å². The number of hydrogen-bond acceptors (Lipinski definition) is 6. The average molecular weight is 449 g/mol. The van der Waals surface area contributed by atoms with Gasteiger partial charge in [0.15, 0.2) is 0 Å². The minimum atomic E-state index is -5.08. The number of carboxylic acid groups (broad SMARTS) is 1. The summed E-state index contributed by atoms with van der Waals surface area (Å²) in [6.07, 6.45) is -2.88. The Hall–Kier alpha value is -2.14. The zero-order valence-electron chi connectivity index (χ0n) is 18.2. The second kappa shape index (κ2) is 9.99. The van der Waals surface area contributed by atoms with Crippen LogP contribution in [0.25, 0.3) is 0 Å². The summed E-state index contributed by atoms with van der Waals surface area (Å²) in [5, 5.41) is 14.2. The zero-order chi connectivity index (χ0) is 23.4. The summed E-state index contributed by atoms with van der Waals surface area (Å²) in [7, 11) is 0. The van der Waals surface area contributed by atoms with Crippen LogP contribution < -0.4 is 5.32 Å². The summed E-state index contributed by atoms with van der Waals surface area (Å²) < 4.78 is 43.2. The molecule has 2 fully saturated rings. The van der Waals surface area contributed by atoms with Gasteiger partial charge in [0.05, 0.1) is 17.9 Å². The molecule has 0 radical (unpaired) electrons. The minimum absolute atomic E-state index is 0.0253. The van der Waals surface area contributed by atoms with Crippen molar-refractivity contribution in [3.8, 4) is 0 Å². The maximum atomic E-state index is 11.7. The number of likely N-dealkylation sites (tertiary alicyclic amines) is 1. The van der Waals surface area contributed by atoms with Crippen LogP contribution in [-0.2, 0) is 20.9 Å². The van der Waals surface area contributed by atoms with Crippen molar-refractivity contribution >= 4 is 11.9 Å². The highest BCUT2D eigenvalue weighted by molar-refractivity contribution is 5.77. The van der Waals surface area contributed by atoms with Crippen molar-refractivity contribution in [1.29, 1.82) is 0 Å². The molecule has 1 aromatic rings. The lowest BCUT2D eigenvalue weighted by Crippen LogP contribution is -2.64. The van der Waals surface area contributed by atoms with Crippen LogP contribution in [0, 0.1) is 25.7 Å². The Morgan fingerprint density at radius 1 is 1.32 bits per heavy atom. The van der Waals surface area contributed by atoms with Gasteiger partial charge in [-0.15, -0.1) is 0 Å². The first-order valence-corrected chi connectivity index (χ1v) is 10.2. The van der Waals surface area contributed by atoms with Crippen molar-refractivity contribution in [1.82, 2.24) is 15.4 Å². The lowest BCUT2D eigenvalue weighted by molar-refractivity contribution is -0.192. The maximum absolute atomic E-state index is 11.7. The van der Waals surface area contributed by atoms with Crippen LogP contribution >= 0.6 is 0 Å². The Morgan fingerprint density at radius 2 is 1.94 bits per heavy atom. The number of aliphatic carboxylic acids is 1. The van der Waals surface area contributed by atoms with Crippen LogP contribution in [0.3, 0.4) is 0 Å². The molecule has 2 aliphatic rings. The number of aryl methyl sites for hydroxylation is 2. The molecule has 31 heavy (non-hydrogen) atoms. The van der Waals surface area contributed by atoms with Gasteiger partial charge in [0, 0.05) is 37.7 Å². The smallest absolute Gasteiger partial charge is 0.475 e. The molecule has 3 rings (SSSR count). The molecule has 2 saturated heterocycles. The summed E-state index contributed by atoms with van der Waals surface area (Å²) in [5.74, 6) is -1.23.